The molecular weight excluding hydrogens is 407 g/mol. The second-order valence-electron chi connectivity index (χ2n) is 8.42. The third-order valence-electron chi connectivity index (χ3n) is 5.71. The summed E-state index contributed by atoms with van der Waals surface area (Å²) in [6.45, 7) is 4.61. The SMILES string of the molecule is CCCCCCCCCCC[CH2][SnH2][CH2]CCCCCCCCCCC. The molecule has 0 aliphatic heterocycles. The summed E-state index contributed by atoms with van der Waals surface area (Å²) in [7, 11) is 0. The number of hydrogen-bond acceptors (Lipinski definition) is 0. The first kappa shape index (κ1) is 25.8. The molecule has 0 aromatic rings. The summed E-state index contributed by atoms with van der Waals surface area (Å²) < 4.78 is 3.41. The first-order chi connectivity index (χ1) is 12.4. The molecule has 0 heterocycles. The van der Waals surface area contributed by atoms with Crippen LogP contribution < -0.4 is 0 Å². The third-order valence-corrected chi connectivity index (χ3v) is 11.4. The first-order valence-electron chi connectivity index (χ1n) is 12.4. The van der Waals surface area contributed by atoms with Crippen LogP contribution in [-0.2, 0) is 0 Å². The van der Waals surface area contributed by atoms with Crippen LogP contribution in [0.2, 0.25) is 8.87 Å². The fraction of sp³-hybridized carbons (Fsp3) is 1.00. The monoisotopic (exact) mass is 460 g/mol. The van der Waals surface area contributed by atoms with Gasteiger partial charge in [-0.1, -0.05) is 0 Å². The summed E-state index contributed by atoms with van der Waals surface area (Å²) in [6.07, 6.45) is 29.9. The molecule has 0 spiro atoms. The molecule has 0 rings (SSSR count). The van der Waals surface area contributed by atoms with Crippen molar-refractivity contribution < 1.29 is 0 Å². The summed E-state index contributed by atoms with van der Waals surface area (Å²) >= 11 is -0.305. The summed E-state index contributed by atoms with van der Waals surface area (Å²) in [6, 6.07) is 0. The van der Waals surface area contributed by atoms with Crippen LogP contribution in [0.3, 0.4) is 0 Å². The van der Waals surface area contributed by atoms with E-state index in [0.29, 0.717) is 0 Å². The van der Waals surface area contributed by atoms with Crippen LogP contribution >= 0.6 is 0 Å². The molecule has 0 unspecified atom stereocenters. The Balaban J connectivity index is 2.94. The van der Waals surface area contributed by atoms with Crippen molar-refractivity contribution in [3.05, 3.63) is 0 Å². The third kappa shape index (κ3) is 24.8. The van der Waals surface area contributed by atoms with Crippen molar-refractivity contribution in [2.24, 2.45) is 0 Å². The Morgan fingerprint density at radius 2 is 0.560 bits per heavy atom. The standard InChI is InChI=1S/2C12H25.Sn.2H/c2*1-3-5-7-9-11-12-10-8-6-4-2;;;/h2*1,3-12H2,2H3;;;. The van der Waals surface area contributed by atoms with Gasteiger partial charge in [0.1, 0.15) is 0 Å². The van der Waals surface area contributed by atoms with Gasteiger partial charge in [0.15, 0.2) is 0 Å². The average Bonchev–Trinajstić information content (AvgIpc) is 2.63. The van der Waals surface area contributed by atoms with Gasteiger partial charge in [-0.3, -0.25) is 0 Å². The van der Waals surface area contributed by atoms with Gasteiger partial charge < -0.3 is 0 Å². The van der Waals surface area contributed by atoms with E-state index in [9.17, 15) is 0 Å². The predicted octanol–water partition coefficient (Wildman–Crippen LogP) is 8.83. The van der Waals surface area contributed by atoms with Gasteiger partial charge in [0.05, 0.1) is 0 Å². The number of hydrogen-bond donors (Lipinski definition) is 0. The maximum absolute atomic E-state index is 2.31. The minimum absolute atomic E-state index is 0.305. The zero-order valence-corrected chi connectivity index (χ0v) is 22.3. The van der Waals surface area contributed by atoms with Gasteiger partial charge in [0, 0.05) is 0 Å². The minimum atomic E-state index is -0.305. The molecule has 0 fully saturated rings. The van der Waals surface area contributed by atoms with E-state index in [-0.39, 0.29) is 21.1 Å². The van der Waals surface area contributed by atoms with Crippen molar-refractivity contribution in [2.75, 3.05) is 0 Å². The molecule has 0 saturated heterocycles. The normalized spacial score (nSPS) is 11.3. The van der Waals surface area contributed by atoms with Gasteiger partial charge in [0.2, 0.25) is 0 Å². The second-order valence-corrected chi connectivity index (χ2v) is 14.5. The molecule has 0 aliphatic rings. The Bertz CT molecular complexity index is 192. The topological polar surface area (TPSA) is 0 Å². The Morgan fingerprint density at radius 1 is 0.320 bits per heavy atom. The van der Waals surface area contributed by atoms with E-state index >= 15 is 0 Å². The molecule has 0 nitrogen and oxygen atoms in total. The van der Waals surface area contributed by atoms with E-state index in [1.807, 2.05) is 0 Å². The van der Waals surface area contributed by atoms with Crippen LogP contribution in [0.25, 0.3) is 0 Å². The van der Waals surface area contributed by atoms with Crippen molar-refractivity contribution in [2.45, 2.75) is 151 Å². The zero-order chi connectivity index (χ0) is 18.3. The second kappa shape index (κ2) is 24.8. The molecule has 0 N–H and O–H groups in total. The maximum atomic E-state index is 2.31. The Kier molecular flexibility index (Phi) is 25.6. The van der Waals surface area contributed by atoms with Gasteiger partial charge in [-0.25, -0.2) is 0 Å². The van der Waals surface area contributed by atoms with Crippen molar-refractivity contribution in [3.63, 3.8) is 0 Å². The molecule has 0 bridgehead atoms. The number of rotatable bonds is 22. The van der Waals surface area contributed by atoms with Crippen molar-refractivity contribution in [3.8, 4) is 0 Å². The van der Waals surface area contributed by atoms with E-state index in [1.54, 1.807) is 34.6 Å². The molecular formula is C24H52Sn. The van der Waals surface area contributed by atoms with E-state index < -0.39 is 0 Å². The van der Waals surface area contributed by atoms with Gasteiger partial charge in [0.25, 0.3) is 0 Å². The van der Waals surface area contributed by atoms with Crippen molar-refractivity contribution >= 4 is 21.1 Å². The van der Waals surface area contributed by atoms with Crippen LogP contribution in [0.15, 0.2) is 0 Å². The van der Waals surface area contributed by atoms with E-state index in [0.717, 1.165) is 0 Å². The predicted molar refractivity (Wildman–Crippen MR) is 122 cm³/mol. The van der Waals surface area contributed by atoms with Crippen LogP contribution in [0.5, 0.6) is 0 Å². The Labute approximate surface area is 171 Å². The Morgan fingerprint density at radius 3 is 0.840 bits per heavy atom. The van der Waals surface area contributed by atoms with Crippen LogP contribution in [0.4, 0.5) is 0 Å². The Hall–Kier alpha value is 0.799. The molecule has 0 amide bonds. The summed E-state index contributed by atoms with van der Waals surface area (Å²) in [4.78, 5) is 0. The van der Waals surface area contributed by atoms with E-state index in [1.165, 1.54) is 103 Å². The quantitative estimate of drug-likeness (QED) is 0.112. The fourth-order valence-corrected chi connectivity index (χ4v) is 8.90. The molecule has 0 aliphatic carbocycles. The molecule has 152 valence electrons. The average molecular weight is 459 g/mol. The van der Waals surface area contributed by atoms with Gasteiger partial charge in [-0.2, -0.15) is 0 Å². The molecule has 1 heteroatoms. The molecule has 0 aromatic heterocycles. The molecule has 0 saturated carbocycles. The number of unbranched alkanes of at least 4 members (excludes halogenated alkanes) is 18. The van der Waals surface area contributed by atoms with Crippen LogP contribution in [-0.4, -0.2) is 21.1 Å². The van der Waals surface area contributed by atoms with Crippen LogP contribution in [0, 0.1) is 0 Å². The van der Waals surface area contributed by atoms with Crippen LogP contribution in [0.1, 0.15) is 142 Å². The van der Waals surface area contributed by atoms with Gasteiger partial charge in [-0.15, -0.1) is 0 Å². The summed E-state index contributed by atoms with van der Waals surface area (Å²) in [5.74, 6) is 0. The summed E-state index contributed by atoms with van der Waals surface area (Å²) in [5, 5.41) is 0. The summed E-state index contributed by atoms with van der Waals surface area (Å²) in [5.41, 5.74) is 0. The fourth-order valence-electron chi connectivity index (χ4n) is 3.86. The van der Waals surface area contributed by atoms with Crippen molar-refractivity contribution in [1.82, 2.24) is 0 Å². The molecule has 0 atom stereocenters. The van der Waals surface area contributed by atoms with Gasteiger partial charge >= 0.3 is 172 Å². The van der Waals surface area contributed by atoms with Crippen molar-refractivity contribution in [1.29, 1.82) is 0 Å². The zero-order valence-electron chi connectivity index (χ0n) is 18.3. The molecule has 0 aromatic carbocycles. The molecule has 0 radical (unpaired) electrons. The molecule has 25 heavy (non-hydrogen) atoms. The van der Waals surface area contributed by atoms with E-state index in [2.05, 4.69) is 13.8 Å². The van der Waals surface area contributed by atoms with Gasteiger partial charge in [-0.05, 0) is 0 Å². The van der Waals surface area contributed by atoms with E-state index in [4.69, 9.17) is 0 Å². The first-order valence-corrected chi connectivity index (χ1v) is 18.1.